The van der Waals surface area contributed by atoms with E-state index in [0.717, 1.165) is 18.4 Å². The van der Waals surface area contributed by atoms with Crippen molar-refractivity contribution in [3.63, 3.8) is 0 Å². The molecule has 0 aliphatic heterocycles. The number of benzene rings is 1. The Bertz CT molecular complexity index is 653. The van der Waals surface area contributed by atoms with Crippen LogP contribution >= 0.6 is 0 Å². The first kappa shape index (κ1) is 18.8. The maximum absolute atomic E-state index is 13.0. The summed E-state index contributed by atoms with van der Waals surface area (Å²) < 4.78 is 5.14. The fourth-order valence-electron chi connectivity index (χ4n) is 2.68. The molecule has 1 heterocycles. The summed E-state index contributed by atoms with van der Waals surface area (Å²) in [4.78, 5) is 27.1. The molecule has 5 nitrogen and oxygen atoms in total. The van der Waals surface area contributed by atoms with Gasteiger partial charge in [-0.2, -0.15) is 0 Å². The van der Waals surface area contributed by atoms with Gasteiger partial charge in [0.25, 0.3) is 5.91 Å². The lowest BCUT2D eigenvalue weighted by Gasteiger charge is -2.27. The van der Waals surface area contributed by atoms with Gasteiger partial charge >= 0.3 is 0 Å². The quantitative estimate of drug-likeness (QED) is 0.761. The van der Waals surface area contributed by atoms with Crippen LogP contribution in [0.25, 0.3) is 0 Å². The molecule has 0 aliphatic carbocycles. The first-order valence-corrected chi connectivity index (χ1v) is 8.82. The van der Waals surface area contributed by atoms with Gasteiger partial charge in [-0.1, -0.05) is 43.7 Å². The zero-order valence-electron chi connectivity index (χ0n) is 14.9. The topological polar surface area (TPSA) is 62.6 Å². The van der Waals surface area contributed by atoms with Crippen LogP contribution in [-0.2, 0) is 11.2 Å². The van der Waals surface area contributed by atoms with Crippen molar-refractivity contribution in [3.8, 4) is 0 Å². The highest BCUT2D eigenvalue weighted by molar-refractivity contribution is 5.95. The number of unbranched alkanes of at least 4 members (excludes halogenated alkanes) is 1. The molecule has 5 heteroatoms. The molecule has 0 aliphatic rings. The van der Waals surface area contributed by atoms with Gasteiger partial charge in [0.1, 0.15) is 6.04 Å². The highest BCUT2D eigenvalue weighted by atomic mass is 16.3. The van der Waals surface area contributed by atoms with Gasteiger partial charge in [0.15, 0.2) is 5.76 Å². The summed E-state index contributed by atoms with van der Waals surface area (Å²) >= 11 is 0. The molecule has 25 heavy (non-hydrogen) atoms. The Morgan fingerprint density at radius 2 is 1.88 bits per heavy atom. The largest absolute Gasteiger partial charge is 0.459 e. The van der Waals surface area contributed by atoms with Crippen molar-refractivity contribution in [2.45, 2.75) is 39.2 Å². The Balaban J connectivity index is 2.15. The molecular weight excluding hydrogens is 316 g/mol. The molecule has 0 spiro atoms. The third-order valence-corrected chi connectivity index (χ3v) is 4.11. The standard InChI is InChI=1S/C20H26N2O3/c1-3-5-13-22(4-2)20(24)17(15-16-10-7-6-8-11-16)21-19(23)18-12-9-14-25-18/h6-12,14,17H,3-5,13,15H2,1-2H3,(H,21,23). The van der Waals surface area contributed by atoms with Gasteiger partial charge in [0, 0.05) is 19.5 Å². The third-order valence-electron chi connectivity index (χ3n) is 4.11. The summed E-state index contributed by atoms with van der Waals surface area (Å²) in [6.45, 7) is 5.38. The molecular formula is C20H26N2O3. The van der Waals surface area contributed by atoms with E-state index in [4.69, 9.17) is 4.42 Å². The van der Waals surface area contributed by atoms with Crippen LogP contribution in [-0.4, -0.2) is 35.8 Å². The van der Waals surface area contributed by atoms with Crippen LogP contribution in [0.3, 0.4) is 0 Å². The molecule has 2 rings (SSSR count). The summed E-state index contributed by atoms with van der Waals surface area (Å²) in [6, 6.07) is 12.3. The van der Waals surface area contributed by atoms with Crippen LogP contribution < -0.4 is 5.32 Å². The zero-order valence-corrected chi connectivity index (χ0v) is 14.9. The van der Waals surface area contributed by atoms with Gasteiger partial charge in [-0.05, 0) is 31.0 Å². The number of carbonyl (C=O) groups excluding carboxylic acids is 2. The highest BCUT2D eigenvalue weighted by Gasteiger charge is 2.26. The van der Waals surface area contributed by atoms with Crippen LogP contribution in [0.4, 0.5) is 0 Å². The lowest BCUT2D eigenvalue weighted by atomic mass is 10.0. The molecule has 1 N–H and O–H groups in total. The molecule has 1 aromatic carbocycles. The normalized spacial score (nSPS) is 11.8. The van der Waals surface area contributed by atoms with Crippen LogP contribution in [0.5, 0.6) is 0 Å². The molecule has 2 aromatic rings. The maximum atomic E-state index is 13.0. The van der Waals surface area contributed by atoms with Crippen LogP contribution in [0, 0.1) is 0 Å². The van der Waals surface area contributed by atoms with Crippen LogP contribution in [0.2, 0.25) is 0 Å². The second-order valence-electron chi connectivity index (χ2n) is 5.96. The first-order chi connectivity index (χ1) is 12.2. The van der Waals surface area contributed by atoms with Crippen molar-refractivity contribution in [2.75, 3.05) is 13.1 Å². The molecule has 0 saturated carbocycles. The van der Waals surface area contributed by atoms with Crippen LogP contribution in [0.15, 0.2) is 53.1 Å². The minimum atomic E-state index is -0.614. The van der Waals surface area contributed by atoms with E-state index >= 15 is 0 Å². The Labute approximate surface area is 149 Å². The fraction of sp³-hybridized carbons (Fsp3) is 0.400. The van der Waals surface area contributed by atoms with Crippen molar-refractivity contribution >= 4 is 11.8 Å². The second kappa shape index (κ2) is 9.67. The molecule has 1 atom stereocenters. The van der Waals surface area contributed by atoms with Crippen molar-refractivity contribution in [2.24, 2.45) is 0 Å². The van der Waals surface area contributed by atoms with E-state index in [1.165, 1.54) is 6.26 Å². The second-order valence-corrected chi connectivity index (χ2v) is 5.96. The minimum absolute atomic E-state index is 0.0558. The Morgan fingerprint density at radius 3 is 2.48 bits per heavy atom. The maximum Gasteiger partial charge on any atom is 0.287 e. The number of furan rings is 1. The van der Waals surface area contributed by atoms with E-state index in [1.54, 1.807) is 17.0 Å². The van der Waals surface area contributed by atoms with Gasteiger partial charge in [0.2, 0.25) is 5.91 Å². The van der Waals surface area contributed by atoms with E-state index in [1.807, 2.05) is 37.3 Å². The molecule has 0 radical (unpaired) electrons. The summed E-state index contributed by atoms with van der Waals surface area (Å²) in [7, 11) is 0. The number of amides is 2. The van der Waals surface area contributed by atoms with E-state index in [-0.39, 0.29) is 17.6 Å². The molecule has 1 unspecified atom stereocenters. The van der Waals surface area contributed by atoms with E-state index in [9.17, 15) is 9.59 Å². The number of hydrogen-bond donors (Lipinski definition) is 1. The van der Waals surface area contributed by atoms with Gasteiger partial charge in [-0.3, -0.25) is 9.59 Å². The number of hydrogen-bond acceptors (Lipinski definition) is 3. The average Bonchev–Trinajstić information content (AvgIpc) is 3.17. The highest BCUT2D eigenvalue weighted by Crippen LogP contribution is 2.09. The van der Waals surface area contributed by atoms with Gasteiger partial charge in [-0.15, -0.1) is 0 Å². The van der Waals surface area contributed by atoms with Crippen LogP contribution in [0.1, 0.15) is 42.8 Å². The number of likely N-dealkylation sites (N-methyl/N-ethyl adjacent to an activating group) is 1. The van der Waals surface area contributed by atoms with Crippen molar-refractivity contribution in [3.05, 3.63) is 60.1 Å². The molecule has 1 aromatic heterocycles. The van der Waals surface area contributed by atoms with Crippen molar-refractivity contribution < 1.29 is 14.0 Å². The monoisotopic (exact) mass is 342 g/mol. The van der Waals surface area contributed by atoms with Crippen molar-refractivity contribution in [1.82, 2.24) is 10.2 Å². The summed E-state index contributed by atoms with van der Waals surface area (Å²) in [6.07, 6.45) is 3.87. The Morgan fingerprint density at radius 1 is 1.12 bits per heavy atom. The average molecular weight is 342 g/mol. The Kier molecular flexibility index (Phi) is 7.26. The minimum Gasteiger partial charge on any atom is -0.459 e. The number of nitrogens with one attached hydrogen (secondary N) is 1. The van der Waals surface area contributed by atoms with Gasteiger partial charge in [-0.25, -0.2) is 0 Å². The number of carbonyl (C=O) groups is 2. The van der Waals surface area contributed by atoms with E-state index < -0.39 is 6.04 Å². The lowest BCUT2D eigenvalue weighted by molar-refractivity contribution is -0.133. The number of rotatable bonds is 9. The van der Waals surface area contributed by atoms with Crippen molar-refractivity contribution in [1.29, 1.82) is 0 Å². The SMILES string of the molecule is CCCCN(CC)C(=O)C(Cc1ccccc1)NC(=O)c1ccco1. The van der Waals surface area contributed by atoms with Gasteiger partial charge < -0.3 is 14.6 Å². The smallest absolute Gasteiger partial charge is 0.287 e. The van der Waals surface area contributed by atoms with E-state index in [2.05, 4.69) is 12.2 Å². The molecule has 0 saturated heterocycles. The molecule has 0 fully saturated rings. The summed E-state index contributed by atoms with van der Waals surface area (Å²) in [5.41, 5.74) is 1.01. The lowest BCUT2D eigenvalue weighted by Crippen LogP contribution is -2.50. The van der Waals surface area contributed by atoms with E-state index in [0.29, 0.717) is 19.5 Å². The molecule has 2 amide bonds. The fourth-order valence-corrected chi connectivity index (χ4v) is 2.68. The van der Waals surface area contributed by atoms with Gasteiger partial charge in [0.05, 0.1) is 6.26 Å². The Hall–Kier alpha value is -2.56. The molecule has 134 valence electrons. The third kappa shape index (κ3) is 5.48. The summed E-state index contributed by atoms with van der Waals surface area (Å²) in [5.74, 6) is -0.215. The first-order valence-electron chi connectivity index (χ1n) is 8.82. The molecule has 0 bridgehead atoms. The predicted molar refractivity (Wildman–Crippen MR) is 97.3 cm³/mol. The zero-order chi connectivity index (χ0) is 18.1. The summed E-state index contributed by atoms with van der Waals surface area (Å²) in [5, 5.41) is 2.83. The number of nitrogens with zero attached hydrogens (tertiary/aromatic N) is 1. The predicted octanol–water partition coefficient (Wildman–Crippen LogP) is 3.27.